The fourth-order valence-electron chi connectivity index (χ4n) is 2.54. The van der Waals surface area contributed by atoms with Crippen LogP contribution in [0.5, 0.6) is 0 Å². The lowest BCUT2D eigenvalue weighted by atomic mass is 9.95. The van der Waals surface area contributed by atoms with Gasteiger partial charge in [-0.2, -0.15) is 0 Å². The SMILES string of the molecule is NC(=S)Cc1cccc(C(=O)NC2CCCCC2)c1. The normalized spacial score (nSPS) is 16.0. The summed E-state index contributed by atoms with van der Waals surface area (Å²) < 4.78 is 0. The standard InChI is InChI=1S/C15H20N2OS/c16-14(19)10-11-5-4-6-12(9-11)15(18)17-13-7-2-1-3-8-13/h4-6,9,13H,1-3,7-8,10H2,(H2,16,19)(H,17,18). The van der Waals surface area contributed by atoms with Crippen molar-refractivity contribution in [2.24, 2.45) is 5.73 Å². The molecule has 0 radical (unpaired) electrons. The van der Waals surface area contributed by atoms with Crippen LogP contribution < -0.4 is 11.1 Å². The molecule has 0 atom stereocenters. The number of nitrogens with one attached hydrogen (secondary N) is 1. The van der Waals surface area contributed by atoms with E-state index in [1.54, 1.807) is 0 Å². The quantitative estimate of drug-likeness (QED) is 0.831. The number of amides is 1. The Labute approximate surface area is 119 Å². The third kappa shape index (κ3) is 4.31. The minimum absolute atomic E-state index is 0.0108. The molecule has 2 rings (SSSR count). The topological polar surface area (TPSA) is 55.1 Å². The minimum atomic E-state index is 0.0108. The van der Waals surface area contributed by atoms with Gasteiger partial charge in [-0.3, -0.25) is 4.79 Å². The van der Waals surface area contributed by atoms with Gasteiger partial charge >= 0.3 is 0 Å². The van der Waals surface area contributed by atoms with E-state index in [1.165, 1.54) is 19.3 Å². The summed E-state index contributed by atoms with van der Waals surface area (Å²) in [5, 5.41) is 3.11. The number of hydrogen-bond donors (Lipinski definition) is 2. The van der Waals surface area contributed by atoms with Gasteiger partial charge in [0.05, 0.1) is 4.99 Å². The molecule has 102 valence electrons. The fraction of sp³-hybridized carbons (Fsp3) is 0.467. The predicted octanol–water partition coefficient (Wildman–Crippen LogP) is 2.58. The zero-order valence-corrected chi connectivity index (χ0v) is 11.8. The summed E-state index contributed by atoms with van der Waals surface area (Å²) in [6.07, 6.45) is 6.45. The zero-order valence-electron chi connectivity index (χ0n) is 11.0. The molecular formula is C15H20N2OS. The smallest absolute Gasteiger partial charge is 0.251 e. The van der Waals surface area contributed by atoms with Gasteiger partial charge < -0.3 is 11.1 Å². The summed E-state index contributed by atoms with van der Waals surface area (Å²) in [5.74, 6) is 0.0108. The van der Waals surface area contributed by atoms with Crippen molar-refractivity contribution < 1.29 is 4.79 Å². The van der Waals surface area contributed by atoms with E-state index in [2.05, 4.69) is 5.32 Å². The first-order chi connectivity index (χ1) is 9.15. The molecule has 1 aromatic rings. The van der Waals surface area contributed by atoms with E-state index in [4.69, 9.17) is 18.0 Å². The van der Waals surface area contributed by atoms with Gasteiger partial charge in [0.1, 0.15) is 0 Å². The van der Waals surface area contributed by atoms with Gasteiger partial charge in [0.15, 0.2) is 0 Å². The van der Waals surface area contributed by atoms with Crippen LogP contribution in [0.25, 0.3) is 0 Å². The van der Waals surface area contributed by atoms with Crippen LogP contribution in [0.2, 0.25) is 0 Å². The van der Waals surface area contributed by atoms with Crippen molar-refractivity contribution >= 4 is 23.1 Å². The lowest BCUT2D eigenvalue weighted by molar-refractivity contribution is 0.0927. The largest absolute Gasteiger partial charge is 0.393 e. The van der Waals surface area contributed by atoms with Crippen LogP contribution in [0.15, 0.2) is 24.3 Å². The van der Waals surface area contributed by atoms with E-state index in [0.29, 0.717) is 23.0 Å². The van der Waals surface area contributed by atoms with Crippen LogP contribution in [0, 0.1) is 0 Å². The van der Waals surface area contributed by atoms with Crippen molar-refractivity contribution in [3.63, 3.8) is 0 Å². The van der Waals surface area contributed by atoms with Crippen molar-refractivity contribution in [2.45, 2.75) is 44.6 Å². The Morgan fingerprint density at radius 1 is 1.32 bits per heavy atom. The lowest BCUT2D eigenvalue weighted by Gasteiger charge is -2.22. The summed E-state index contributed by atoms with van der Waals surface area (Å²) in [7, 11) is 0. The number of nitrogens with two attached hydrogens (primary N) is 1. The van der Waals surface area contributed by atoms with Crippen LogP contribution in [0.4, 0.5) is 0 Å². The van der Waals surface area contributed by atoms with Crippen LogP contribution in [-0.4, -0.2) is 16.9 Å². The average molecular weight is 276 g/mol. The van der Waals surface area contributed by atoms with Gasteiger partial charge in [0, 0.05) is 18.0 Å². The molecule has 19 heavy (non-hydrogen) atoms. The highest BCUT2D eigenvalue weighted by Crippen LogP contribution is 2.18. The molecule has 0 bridgehead atoms. The molecule has 0 spiro atoms. The molecule has 0 unspecified atom stereocenters. The third-order valence-corrected chi connectivity index (χ3v) is 3.65. The number of thiocarbonyl (C=S) groups is 1. The molecule has 0 heterocycles. The Morgan fingerprint density at radius 2 is 2.05 bits per heavy atom. The van der Waals surface area contributed by atoms with Crippen molar-refractivity contribution in [1.82, 2.24) is 5.32 Å². The maximum Gasteiger partial charge on any atom is 0.251 e. The molecule has 1 fully saturated rings. The van der Waals surface area contributed by atoms with Gasteiger partial charge in [-0.15, -0.1) is 0 Å². The molecule has 3 nitrogen and oxygen atoms in total. The van der Waals surface area contributed by atoms with E-state index in [9.17, 15) is 4.79 Å². The third-order valence-electron chi connectivity index (χ3n) is 3.51. The monoisotopic (exact) mass is 276 g/mol. The highest BCUT2D eigenvalue weighted by Gasteiger charge is 2.16. The van der Waals surface area contributed by atoms with E-state index in [-0.39, 0.29) is 5.91 Å². The molecule has 0 aromatic heterocycles. The summed E-state index contributed by atoms with van der Waals surface area (Å²) >= 11 is 4.89. The van der Waals surface area contributed by atoms with Gasteiger partial charge in [-0.25, -0.2) is 0 Å². The van der Waals surface area contributed by atoms with E-state index >= 15 is 0 Å². The first-order valence-corrected chi connectivity index (χ1v) is 7.24. The van der Waals surface area contributed by atoms with Crippen LogP contribution in [0.3, 0.4) is 0 Å². The van der Waals surface area contributed by atoms with E-state index < -0.39 is 0 Å². The average Bonchev–Trinajstić information content (AvgIpc) is 2.39. The number of rotatable bonds is 4. The number of benzene rings is 1. The summed E-state index contributed by atoms with van der Waals surface area (Å²) in [6.45, 7) is 0. The second kappa shape index (κ2) is 6.66. The maximum atomic E-state index is 12.2. The summed E-state index contributed by atoms with van der Waals surface area (Å²) in [4.78, 5) is 12.6. The molecule has 1 aliphatic carbocycles. The predicted molar refractivity (Wildman–Crippen MR) is 81.3 cm³/mol. The lowest BCUT2D eigenvalue weighted by Crippen LogP contribution is -2.36. The van der Waals surface area contributed by atoms with Crippen LogP contribution >= 0.6 is 12.2 Å². The fourth-order valence-corrected chi connectivity index (χ4v) is 2.71. The number of hydrogen-bond acceptors (Lipinski definition) is 2. The summed E-state index contributed by atoms with van der Waals surface area (Å²) in [6, 6.07) is 7.86. The Balaban J connectivity index is 1.99. The first-order valence-electron chi connectivity index (χ1n) is 6.83. The second-order valence-corrected chi connectivity index (χ2v) is 5.68. The highest BCUT2D eigenvalue weighted by atomic mass is 32.1. The Bertz CT molecular complexity index is 467. The molecule has 0 saturated heterocycles. The van der Waals surface area contributed by atoms with Gasteiger partial charge in [0.2, 0.25) is 0 Å². The van der Waals surface area contributed by atoms with E-state index in [1.807, 2.05) is 24.3 Å². The summed E-state index contributed by atoms with van der Waals surface area (Å²) in [5.41, 5.74) is 7.21. The molecule has 1 aliphatic rings. The molecule has 4 heteroatoms. The van der Waals surface area contributed by atoms with Crippen molar-refractivity contribution in [3.8, 4) is 0 Å². The molecule has 3 N–H and O–H groups in total. The number of carbonyl (C=O) groups excluding carboxylic acids is 1. The van der Waals surface area contributed by atoms with Crippen LogP contribution in [-0.2, 0) is 6.42 Å². The zero-order chi connectivity index (χ0) is 13.7. The van der Waals surface area contributed by atoms with Crippen LogP contribution in [0.1, 0.15) is 48.0 Å². The molecule has 1 aromatic carbocycles. The van der Waals surface area contributed by atoms with Crippen molar-refractivity contribution in [2.75, 3.05) is 0 Å². The van der Waals surface area contributed by atoms with Crippen molar-refractivity contribution in [1.29, 1.82) is 0 Å². The second-order valence-electron chi connectivity index (χ2n) is 5.15. The Kier molecular flexibility index (Phi) is 4.91. The molecule has 0 aliphatic heterocycles. The molecular weight excluding hydrogens is 256 g/mol. The Morgan fingerprint density at radius 3 is 2.74 bits per heavy atom. The minimum Gasteiger partial charge on any atom is -0.393 e. The number of carbonyl (C=O) groups is 1. The molecule has 1 amide bonds. The van der Waals surface area contributed by atoms with Gasteiger partial charge in [-0.1, -0.05) is 43.6 Å². The van der Waals surface area contributed by atoms with Gasteiger partial charge in [-0.05, 0) is 30.5 Å². The van der Waals surface area contributed by atoms with Gasteiger partial charge in [0.25, 0.3) is 5.91 Å². The van der Waals surface area contributed by atoms with Crippen molar-refractivity contribution in [3.05, 3.63) is 35.4 Å². The Hall–Kier alpha value is -1.42. The first kappa shape index (κ1) is 14.0. The van der Waals surface area contributed by atoms with E-state index in [0.717, 1.165) is 18.4 Å². The molecule has 1 saturated carbocycles. The maximum absolute atomic E-state index is 12.2. The highest BCUT2D eigenvalue weighted by molar-refractivity contribution is 7.80.